The average molecular weight is 445 g/mol. The van der Waals surface area contributed by atoms with Crippen LogP contribution in [-0.4, -0.2) is 27.6 Å². The SMILES string of the molecule is C=C(CC[C@@H]1N=C(c2ccccc2Cl)c2cc(Cl)ccc2-n2c1n[nH]c2=S)OC. The second kappa shape index (κ2) is 8.14. The lowest BCUT2D eigenvalue weighted by atomic mass is 10.00. The molecule has 5 nitrogen and oxygen atoms in total. The number of hydrogen-bond donors (Lipinski definition) is 1. The molecule has 1 atom stereocenters. The number of halogens is 2. The summed E-state index contributed by atoms with van der Waals surface area (Å²) in [7, 11) is 1.61. The van der Waals surface area contributed by atoms with E-state index in [0.717, 1.165) is 28.4 Å². The number of nitrogens with one attached hydrogen (secondary N) is 1. The van der Waals surface area contributed by atoms with Gasteiger partial charge in [0.2, 0.25) is 0 Å². The lowest BCUT2D eigenvalue weighted by Gasteiger charge is -2.13. The van der Waals surface area contributed by atoms with Gasteiger partial charge >= 0.3 is 0 Å². The number of methoxy groups -OCH3 is 1. The molecule has 1 aromatic heterocycles. The van der Waals surface area contributed by atoms with Crippen LogP contribution >= 0.6 is 35.4 Å². The summed E-state index contributed by atoms with van der Waals surface area (Å²) in [5.74, 6) is 1.41. The van der Waals surface area contributed by atoms with Crippen LogP contribution in [-0.2, 0) is 4.74 Å². The van der Waals surface area contributed by atoms with Gasteiger partial charge in [0.25, 0.3) is 0 Å². The van der Waals surface area contributed by atoms with Crippen LogP contribution in [0.2, 0.25) is 10.0 Å². The fourth-order valence-corrected chi connectivity index (χ4v) is 4.04. The van der Waals surface area contributed by atoms with Crippen LogP contribution in [0.15, 0.2) is 59.8 Å². The van der Waals surface area contributed by atoms with Crippen molar-refractivity contribution in [1.82, 2.24) is 14.8 Å². The molecule has 4 rings (SSSR count). The van der Waals surface area contributed by atoms with Gasteiger partial charge < -0.3 is 4.74 Å². The van der Waals surface area contributed by atoms with E-state index in [1.807, 2.05) is 47.0 Å². The summed E-state index contributed by atoms with van der Waals surface area (Å²) in [4.78, 5) is 5.08. The molecule has 0 fully saturated rings. The van der Waals surface area contributed by atoms with Gasteiger partial charge in [-0.2, -0.15) is 5.10 Å². The normalized spacial score (nSPS) is 15.1. The smallest absolute Gasteiger partial charge is 0.199 e. The quantitative estimate of drug-likeness (QED) is 0.383. The van der Waals surface area contributed by atoms with E-state index in [1.165, 1.54) is 0 Å². The highest BCUT2D eigenvalue weighted by Gasteiger charge is 2.28. The summed E-state index contributed by atoms with van der Waals surface area (Å²) in [6, 6.07) is 13.0. The van der Waals surface area contributed by atoms with E-state index in [9.17, 15) is 0 Å². The van der Waals surface area contributed by atoms with Crippen LogP contribution < -0.4 is 0 Å². The van der Waals surface area contributed by atoms with Gasteiger partial charge in [-0.15, -0.1) is 0 Å². The van der Waals surface area contributed by atoms with E-state index in [0.29, 0.717) is 33.4 Å². The van der Waals surface area contributed by atoms with Crippen molar-refractivity contribution >= 4 is 41.1 Å². The average Bonchev–Trinajstić information content (AvgIpc) is 3.03. The monoisotopic (exact) mass is 444 g/mol. The summed E-state index contributed by atoms with van der Waals surface area (Å²) >= 11 is 18.4. The van der Waals surface area contributed by atoms with Gasteiger partial charge in [0.05, 0.1) is 24.3 Å². The number of H-pyrrole nitrogens is 1. The maximum Gasteiger partial charge on any atom is 0.199 e. The summed E-state index contributed by atoms with van der Waals surface area (Å²) < 4.78 is 7.64. The van der Waals surface area contributed by atoms with Crippen molar-refractivity contribution in [3.8, 4) is 5.69 Å². The van der Waals surface area contributed by atoms with Crippen LogP contribution in [0.5, 0.6) is 0 Å². The molecule has 0 bridgehead atoms. The molecule has 0 amide bonds. The Morgan fingerprint density at radius 1 is 1.24 bits per heavy atom. The summed E-state index contributed by atoms with van der Waals surface area (Å²) in [5.41, 5.74) is 3.28. The van der Waals surface area contributed by atoms with E-state index >= 15 is 0 Å². The lowest BCUT2D eigenvalue weighted by molar-refractivity contribution is 0.274. The highest BCUT2D eigenvalue weighted by Crippen LogP contribution is 2.35. The Bertz CT molecular complexity index is 1180. The summed E-state index contributed by atoms with van der Waals surface area (Å²) in [6.45, 7) is 3.92. The van der Waals surface area contributed by atoms with Crippen molar-refractivity contribution in [3.05, 3.63) is 86.6 Å². The zero-order valence-electron chi connectivity index (χ0n) is 15.7. The molecule has 0 spiro atoms. The first-order valence-corrected chi connectivity index (χ1v) is 10.2. The number of rotatable bonds is 5. The van der Waals surface area contributed by atoms with E-state index in [-0.39, 0.29) is 6.04 Å². The summed E-state index contributed by atoms with van der Waals surface area (Å²) in [6.07, 6.45) is 1.29. The fraction of sp³-hybridized carbons (Fsp3) is 0.190. The molecular formula is C21H18Cl2N4OS. The Morgan fingerprint density at radius 3 is 2.79 bits per heavy atom. The number of aromatic amines is 1. The molecule has 3 aromatic rings. The minimum Gasteiger partial charge on any atom is -0.502 e. The van der Waals surface area contributed by atoms with Crippen molar-refractivity contribution in [2.45, 2.75) is 18.9 Å². The Balaban J connectivity index is 1.97. The van der Waals surface area contributed by atoms with E-state index < -0.39 is 0 Å². The molecule has 1 aliphatic heterocycles. The van der Waals surface area contributed by atoms with Crippen LogP contribution in [0.4, 0.5) is 0 Å². The van der Waals surface area contributed by atoms with Gasteiger partial charge in [0, 0.05) is 27.6 Å². The Morgan fingerprint density at radius 2 is 2.03 bits per heavy atom. The van der Waals surface area contributed by atoms with Crippen molar-refractivity contribution in [2.75, 3.05) is 7.11 Å². The predicted octanol–water partition coefficient (Wildman–Crippen LogP) is 6.07. The second-order valence-electron chi connectivity index (χ2n) is 6.64. The Hall–Kier alpha value is -2.41. The molecule has 0 aliphatic carbocycles. The van der Waals surface area contributed by atoms with Gasteiger partial charge in [0.1, 0.15) is 6.04 Å². The largest absolute Gasteiger partial charge is 0.502 e. The molecule has 8 heteroatoms. The third-order valence-electron chi connectivity index (χ3n) is 4.85. The molecule has 1 N–H and O–H groups in total. The highest BCUT2D eigenvalue weighted by atomic mass is 35.5. The molecule has 2 aromatic carbocycles. The highest BCUT2D eigenvalue weighted by molar-refractivity contribution is 7.71. The van der Waals surface area contributed by atoms with Gasteiger partial charge in [-0.25, -0.2) is 0 Å². The maximum absolute atomic E-state index is 6.53. The number of aromatic nitrogens is 3. The van der Waals surface area contributed by atoms with Crippen molar-refractivity contribution in [2.24, 2.45) is 4.99 Å². The Labute approximate surface area is 183 Å². The minimum atomic E-state index is -0.271. The molecule has 29 heavy (non-hydrogen) atoms. The molecule has 148 valence electrons. The molecule has 2 heterocycles. The van der Waals surface area contributed by atoms with Crippen molar-refractivity contribution in [3.63, 3.8) is 0 Å². The molecule has 0 saturated carbocycles. The van der Waals surface area contributed by atoms with E-state index in [2.05, 4.69) is 16.8 Å². The standard InChI is InChI=1S/C21H18Cl2N4OS/c1-12(28-2)7-9-17-20-25-26-21(29)27(20)18-10-8-13(22)11-15(18)19(24-17)14-5-3-4-6-16(14)23/h3-6,8,10-11,17H,1,7,9H2,2H3,(H,26,29)/t17-/m0/s1. The molecule has 1 aliphatic rings. The molecule has 0 saturated heterocycles. The lowest BCUT2D eigenvalue weighted by Crippen LogP contribution is -2.08. The van der Waals surface area contributed by atoms with Crippen LogP contribution in [0, 0.1) is 4.77 Å². The van der Waals surface area contributed by atoms with Gasteiger partial charge in [0.15, 0.2) is 10.6 Å². The number of benzene rings is 2. The van der Waals surface area contributed by atoms with Gasteiger partial charge in [-0.3, -0.25) is 14.7 Å². The first-order valence-electron chi connectivity index (χ1n) is 9.01. The van der Waals surface area contributed by atoms with Crippen LogP contribution in [0.3, 0.4) is 0 Å². The first kappa shape index (κ1) is 19.9. The first-order chi connectivity index (χ1) is 14.0. The zero-order chi connectivity index (χ0) is 20.5. The van der Waals surface area contributed by atoms with Crippen LogP contribution in [0.25, 0.3) is 5.69 Å². The molecular weight excluding hydrogens is 427 g/mol. The zero-order valence-corrected chi connectivity index (χ0v) is 18.0. The van der Waals surface area contributed by atoms with Gasteiger partial charge in [-0.05, 0) is 42.9 Å². The molecule has 0 unspecified atom stereocenters. The number of nitrogens with zero attached hydrogens (tertiary/aromatic N) is 3. The van der Waals surface area contributed by atoms with E-state index in [4.69, 9.17) is 45.1 Å². The fourth-order valence-electron chi connectivity index (χ4n) is 3.40. The number of ether oxygens (including phenoxy) is 1. The number of allylic oxidation sites excluding steroid dienone is 1. The van der Waals surface area contributed by atoms with Crippen molar-refractivity contribution in [1.29, 1.82) is 0 Å². The number of aliphatic imine (C=N–C) groups is 1. The maximum atomic E-state index is 6.53. The van der Waals surface area contributed by atoms with Crippen LogP contribution in [0.1, 0.15) is 35.8 Å². The van der Waals surface area contributed by atoms with Gasteiger partial charge in [-0.1, -0.05) is 48.0 Å². The molecule has 0 radical (unpaired) electrons. The third kappa shape index (κ3) is 3.75. The second-order valence-corrected chi connectivity index (χ2v) is 7.87. The number of hydrogen-bond acceptors (Lipinski definition) is 4. The minimum absolute atomic E-state index is 0.271. The number of fused-ring (bicyclic) bond motifs is 3. The topological polar surface area (TPSA) is 55.2 Å². The predicted molar refractivity (Wildman–Crippen MR) is 119 cm³/mol. The van der Waals surface area contributed by atoms with E-state index in [1.54, 1.807) is 7.11 Å². The Kier molecular flexibility index (Phi) is 5.58. The van der Waals surface area contributed by atoms with Crippen molar-refractivity contribution < 1.29 is 4.74 Å². The summed E-state index contributed by atoms with van der Waals surface area (Å²) in [5, 5.41) is 8.59. The third-order valence-corrected chi connectivity index (χ3v) is 5.69.